The van der Waals surface area contributed by atoms with Crippen LogP contribution in [-0.2, 0) is 24.2 Å². The first-order valence-corrected chi connectivity index (χ1v) is 14.2. The molecule has 4 heterocycles. The minimum atomic E-state index is -0.216. The molecule has 210 valence electrons. The normalized spacial score (nSPS) is 18.9. The lowest BCUT2D eigenvalue weighted by atomic mass is 9.89. The number of nitrogens with one attached hydrogen (secondary N) is 2. The number of likely N-dealkylation sites (N-methyl/N-ethyl adjacent to an activating group) is 1. The third kappa shape index (κ3) is 4.37. The Morgan fingerprint density at radius 1 is 1.20 bits per heavy atom. The molecule has 1 atom stereocenters. The first kappa shape index (κ1) is 26.5. The van der Waals surface area contributed by atoms with Gasteiger partial charge in [-0.05, 0) is 82.2 Å². The van der Waals surface area contributed by atoms with E-state index in [0.717, 1.165) is 70.0 Å². The van der Waals surface area contributed by atoms with Crippen molar-refractivity contribution in [2.75, 3.05) is 27.2 Å². The van der Waals surface area contributed by atoms with Gasteiger partial charge in [0.15, 0.2) is 5.82 Å². The zero-order chi connectivity index (χ0) is 28.3. The standard InChI is InChI=1S/C31H39N7O2/c1-7-19-12-21(39)9-11-22(19)20-8-10-23-24(13-20)34-35-28(23)29-32-25-14-27(38(18(2)3)15-26(25)33-29)30(40)37-16-31(4,17-37)36(5)6/h8-13,18,27,39H,7,14-17H2,1-6H3,(H,32,33)(H,34,35). The van der Waals surface area contributed by atoms with Crippen molar-refractivity contribution < 1.29 is 9.90 Å². The number of aromatic nitrogens is 4. The predicted octanol–water partition coefficient (Wildman–Crippen LogP) is 4.19. The number of hydrogen-bond donors (Lipinski definition) is 3. The molecule has 40 heavy (non-hydrogen) atoms. The molecule has 9 nitrogen and oxygen atoms in total. The maximum atomic E-state index is 13.6. The summed E-state index contributed by atoms with van der Waals surface area (Å²) in [4.78, 5) is 28.6. The summed E-state index contributed by atoms with van der Waals surface area (Å²) in [5, 5.41) is 18.7. The van der Waals surface area contributed by atoms with Gasteiger partial charge in [0.25, 0.3) is 0 Å². The third-order valence-electron chi connectivity index (χ3n) is 8.96. The number of fused-ring (bicyclic) bond motifs is 2. The lowest BCUT2D eigenvalue weighted by molar-refractivity contribution is -0.150. The Morgan fingerprint density at radius 2 is 1.98 bits per heavy atom. The zero-order valence-corrected chi connectivity index (χ0v) is 24.2. The number of phenols is 1. The van der Waals surface area contributed by atoms with Crippen molar-refractivity contribution in [3.63, 3.8) is 0 Å². The summed E-state index contributed by atoms with van der Waals surface area (Å²) in [6.07, 6.45) is 1.42. The number of aromatic amines is 2. The topological polar surface area (TPSA) is 104 Å². The van der Waals surface area contributed by atoms with Gasteiger partial charge in [0, 0.05) is 37.5 Å². The first-order valence-electron chi connectivity index (χ1n) is 14.2. The van der Waals surface area contributed by atoms with E-state index in [1.165, 1.54) is 0 Å². The number of amides is 1. The lowest BCUT2D eigenvalue weighted by Gasteiger charge is -2.53. The molecule has 1 saturated heterocycles. The molecule has 4 aromatic rings. The number of carbonyl (C=O) groups excluding carboxylic acids is 1. The number of imidazole rings is 1. The van der Waals surface area contributed by atoms with Crippen LogP contribution in [-0.4, -0.2) is 90.7 Å². The molecule has 0 saturated carbocycles. The molecule has 1 unspecified atom stereocenters. The minimum Gasteiger partial charge on any atom is -0.508 e. The van der Waals surface area contributed by atoms with Gasteiger partial charge in [-0.3, -0.25) is 14.8 Å². The van der Waals surface area contributed by atoms with Crippen LogP contribution in [0.1, 0.15) is 44.6 Å². The van der Waals surface area contributed by atoms with Gasteiger partial charge in [-0.2, -0.15) is 5.10 Å². The van der Waals surface area contributed by atoms with Crippen molar-refractivity contribution in [3.05, 3.63) is 53.3 Å². The van der Waals surface area contributed by atoms with Gasteiger partial charge in [0.05, 0.1) is 28.5 Å². The average Bonchev–Trinajstić information content (AvgIpc) is 3.52. The van der Waals surface area contributed by atoms with E-state index in [-0.39, 0.29) is 29.3 Å². The second kappa shape index (κ2) is 9.74. The molecule has 2 aromatic heterocycles. The summed E-state index contributed by atoms with van der Waals surface area (Å²) in [6, 6.07) is 11.8. The van der Waals surface area contributed by atoms with Crippen molar-refractivity contribution in [3.8, 4) is 28.4 Å². The fourth-order valence-electron chi connectivity index (χ4n) is 6.17. The number of carbonyl (C=O) groups is 1. The number of hydrogen-bond acceptors (Lipinski definition) is 6. The molecule has 1 amide bonds. The van der Waals surface area contributed by atoms with Crippen LogP contribution in [0.25, 0.3) is 33.5 Å². The number of aromatic hydroxyl groups is 1. The van der Waals surface area contributed by atoms with Gasteiger partial charge in [-0.1, -0.05) is 19.1 Å². The molecule has 0 bridgehead atoms. The average molecular weight is 542 g/mol. The maximum Gasteiger partial charge on any atom is 0.240 e. The Labute approximate surface area is 235 Å². The number of nitrogens with zero attached hydrogens (tertiary/aromatic N) is 5. The van der Waals surface area contributed by atoms with Crippen molar-refractivity contribution in [1.29, 1.82) is 0 Å². The Kier molecular flexibility index (Phi) is 6.46. The monoisotopic (exact) mass is 541 g/mol. The molecule has 0 radical (unpaired) electrons. The van der Waals surface area contributed by atoms with Gasteiger partial charge in [0.2, 0.25) is 5.91 Å². The van der Waals surface area contributed by atoms with E-state index < -0.39 is 0 Å². The summed E-state index contributed by atoms with van der Waals surface area (Å²) >= 11 is 0. The zero-order valence-electron chi connectivity index (χ0n) is 24.2. The number of likely N-dealkylation sites (tertiary alicyclic amines) is 1. The minimum absolute atomic E-state index is 0.0406. The van der Waals surface area contributed by atoms with Crippen molar-refractivity contribution in [1.82, 2.24) is 34.9 Å². The number of phenolic OH excluding ortho intramolecular Hbond substituents is 1. The van der Waals surface area contributed by atoms with E-state index in [1.807, 2.05) is 17.0 Å². The number of H-pyrrole nitrogens is 2. The summed E-state index contributed by atoms with van der Waals surface area (Å²) in [5.41, 5.74) is 7.02. The van der Waals surface area contributed by atoms with Crippen molar-refractivity contribution >= 4 is 16.8 Å². The van der Waals surface area contributed by atoms with Crippen LogP contribution in [0.15, 0.2) is 36.4 Å². The quantitative estimate of drug-likeness (QED) is 0.338. The van der Waals surface area contributed by atoms with Crippen LogP contribution in [0.3, 0.4) is 0 Å². The number of rotatable bonds is 6. The molecular weight excluding hydrogens is 502 g/mol. The summed E-state index contributed by atoms with van der Waals surface area (Å²) in [6.45, 7) is 10.8. The maximum absolute atomic E-state index is 13.6. The van der Waals surface area contributed by atoms with Gasteiger partial charge in [-0.15, -0.1) is 0 Å². The summed E-state index contributed by atoms with van der Waals surface area (Å²) < 4.78 is 0. The fraction of sp³-hybridized carbons (Fsp3) is 0.452. The molecule has 2 aliphatic rings. The molecule has 3 N–H and O–H groups in total. The molecular formula is C31H39N7O2. The molecule has 9 heteroatoms. The highest BCUT2D eigenvalue weighted by atomic mass is 16.3. The highest BCUT2D eigenvalue weighted by Crippen LogP contribution is 2.35. The van der Waals surface area contributed by atoms with E-state index in [9.17, 15) is 9.90 Å². The van der Waals surface area contributed by atoms with E-state index in [2.05, 4.69) is 85.0 Å². The van der Waals surface area contributed by atoms with E-state index >= 15 is 0 Å². The summed E-state index contributed by atoms with van der Waals surface area (Å²) in [7, 11) is 4.16. The lowest BCUT2D eigenvalue weighted by Crippen LogP contribution is -2.70. The Hall–Kier alpha value is -3.69. The highest BCUT2D eigenvalue weighted by Gasteiger charge is 2.47. The van der Waals surface area contributed by atoms with Crippen LogP contribution >= 0.6 is 0 Å². The molecule has 0 aliphatic carbocycles. The molecule has 1 fully saturated rings. The molecule has 2 aliphatic heterocycles. The van der Waals surface area contributed by atoms with Crippen molar-refractivity contribution in [2.24, 2.45) is 0 Å². The number of benzene rings is 2. The predicted molar refractivity (Wildman–Crippen MR) is 157 cm³/mol. The molecule has 2 aromatic carbocycles. The van der Waals surface area contributed by atoms with E-state index in [4.69, 9.17) is 4.98 Å². The Balaban J connectivity index is 1.28. The summed E-state index contributed by atoms with van der Waals surface area (Å²) in [5.74, 6) is 1.20. The van der Waals surface area contributed by atoms with Crippen molar-refractivity contribution in [2.45, 2.75) is 64.7 Å². The SMILES string of the molecule is CCc1cc(O)ccc1-c1ccc2c(-c3nc4c([nH]3)CN(C(C)C)C(C(=O)N3CC(C)(N(C)C)C3)C4)n[nH]c2c1. The highest BCUT2D eigenvalue weighted by molar-refractivity contribution is 5.94. The van der Waals surface area contributed by atoms with Gasteiger partial charge >= 0.3 is 0 Å². The molecule has 6 rings (SSSR count). The second-order valence-corrected chi connectivity index (χ2v) is 12.1. The van der Waals surface area contributed by atoms with E-state index in [1.54, 1.807) is 6.07 Å². The van der Waals surface area contributed by atoms with Crippen LogP contribution < -0.4 is 0 Å². The second-order valence-electron chi connectivity index (χ2n) is 12.1. The fourth-order valence-corrected chi connectivity index (χ4v) is 6.17. The van der Waals surface area contributed by atoms with Gasteiger partial charge in [0.1, 0.15) is 11.4 Å². The van der Waals surface area contributed by atoms with E-state index in [0.29, 0.717) is 13.0 Å². The van der Waals surface area contributed by atoms with Gasteiger partial charge in [-0.25, -0.2) is 4.98 Å². The number of aryl methyl sites for hydroxylation is 1. The van der Waals surface area contributed by atoms with Gasteiger partial charge < -0.3 is 19.9 Å². The first-order chi connectivity index (χ1) is 19.1. The van der Waals surface area contributed by atoms with Crippen LogP contribution in [0, 0.1) is 0 Å². The van der Waals surface area contributed by atoms with Crippen LogP contribution in [0.2, 0.25) is 0 Å². The Bertz CT molecular complexity index is 1580. The smallest absolute Gasteiger partial charge is 0.240 e. The third-order valence-corrected chi connectivity index (χ3v) is 8.96. The molecule has 0 spiro atoms. The Morgan fingerprint density at radius 3 is 2.67 bits per heavy atom. The largest absolute Gasteiger partial charge is 0.508 e. The van der Waals surface area contributed by atoms with Crippen LogP contribution in [0.4, 0.5) is 0 Å². The van der Waals surface area contributed by atoms with Crippen LogP contribution in [0.5, 0.6) is 5.75 Å².